The molecule has 1 aliphatic rings. The van der Waals surface area contributed by atoms with Crippen LogP contribution in [0.3, 0.4) is 0 Å². The molecule has 6 unspecified atom stereocenters. The van der Waals surface area contributed by atoms with Gasteiger partial charge >= 0.3 is 42.7 Å². The summed E-state index contributed by atoms with van der Waals surface area (Å²) in [6.07, 6.45) is -15.1. The number of carbonyl (C=O) groups is 3. The Morgan fingerprint density at radius 1 is 0.250 bits per heavy atom. The van der Waals surface area contributed by atoms with Gasteiger partial charge in [0.25, 0.3) is 0 Å². The molecule has 0 amide bonds. The van der Waals surface area contributed by atoms with Crippen LogP contribution in [-0.2, 0) is 143 Å². The van der Waals surface area contributed by atoms with Crippen molar-refractivity contribution in [1.82, 2.24) is 0 Å². The molecule has 12 atom stereocenters. The van der Waals surface area contributed by atoms with Crippen LogP contribution < -0.4 is 0 Å². The van der Waals surface area contributed by atoms with E-state index in [1.54, 1.807) is 164 Å². The lowest BCUT2D eigenvalue weighted by Gasteiger charge is -2.49. The van der Waals surface area contributed by atoms with Gasteiger partial charge in [-0.2, -0.15) is 0 Å². The van der Waals surface area contributed by atoms with Crippen LogP contribution in [0.25, 0.3) is 0 Å². The quantitative estimate of drug-likeness (QED) is 0.0203. The van der Waals surface area contributed by atoms with Gasteiger partial charge < -0.3 is 42.0 Å². The van der Waals surface area contributed by atoms with Gasteiger partial charge in [-0.05, 0) is 50.1 Å². The largest absolute Gasteiger partial charge is 0.459 e. The van der Waals surface area contributed by atoms with Gasteiger partial charge in [0.2, 0.25) is 0 Å². The summed E-state index contributed by atoms with van der Waals surface area (Å²) in [6, 6.07) is 80.9. The van der Waals surface area contributed by atoms with Crippen LogP contribution in [0.4, 0.5) is 0 Å². The maximum Gasteiger partial charge on any atom is 0.336 e. The summed E-state index contributed by atoms with van der Waals surface area (Å²) in [7, 11) is -12.2. The van der Waals surface area contributed by atoms with Crippen molar-refractivity contribution < 1.29 is 83.6 Å². The molecule has 1 aliphatic carbocycles. The number of benzene rings is 9. The first-order chi connectivity index (χ1) is 47.1. The predicted octanol–water partition coefficient (Wildman–Crippen LogP) is 14.2. The van der Waals surface area contributed by atoms with E-state index in [1.807, 2.05) is 109 Å². The fourth-order valence-electron chi connectivity index (χ4n) is 10.6. The lowest BCUT2D eigenvalue weighted by atomic mass is 9.84. The third-order valence-electron chi connectivity index (χ3n) is 15.5. The van der Waals surface area contributed by atoms with Crippen LogP contribution in [0.1, 0.15) is 50.1 Å². The molecule has 0 radical (unpaired) electrons. The molecular formula is C75H75O18P3. The number of hydrogen-bond donors (Lipinski definition) is 0. The molecule has 498 valence electrons. The molecule has 18 nitrogen and oxygen atoms in total. The maximum atomic E-state index is 15.4. The fraction of sp³-hybridized carbons (Fsp3) is 0.240. The highest BCUT2D eigenvalue weighted by atomic mass is 31.1. The van der Waals surface area contributed by atoms with Crippen molar-refractivity contribution in [2.45, 2.75) is 114 Å². The zero-order chi connectivity index (χ0) is 66.5. The Morgan fingerprint density at radius 3 is 0.646 bits per heavy atom. The number of ether oxygens (including phenoxy) is 6. The molecule has 1 fully saturated rings. The fourth-order valence-corrected chi connectivity index (χ4v) is 13.5. The smallest absolute Gasteiger partial charge is 0.336 e. The summed E-state index contributed by atoms with van der Waals surface area (Å²) in [5.41, 5.74) is 5.92. The molecular weight excluding hydrogens is 1280 g/mol. The SMILES string of the molecule is O=C(OCc1ccccc1)C(Cc1ccccc1)O[PH](=O)O[C@@H]1[C@@H](O[PH](=O)OC(Cc2ccccc2)C(=O)OCc2ccccc2)[C@H](OCc2ccccc2)[C@@H](OCc2ccccc2)[C@H](OCc2ccccc2)[C@@H]1O[PH](=O)OC(Cc1ccccc1)C(=O)OCc1ccccc1. The molecule has 0 aromatic heterocycles. The Bertz CT molecular complexity index is 3670. The van der Waals surface area contributed by atoms with Gasteiger partial charge in [-0.3, -0.25) is 27.3 Å². The molecule has 0 aliphatic heterocycles. The van der Waals surface area contributed by atoms with Gasteiger partial charge in [0.15, 0.2) is 18.3 Å². The lowest BCUT2D eigenvalue weighted by molar-refractivity contribution is -0.250. The Labute approximate surface area is 560 Å². The molecule has 0 spiro atoms. The molecule has 21 heteroatoms. The van der Waals surface area contributed by atoms with E-state index < -0.39 is 97.6 Å². The van der Waals surface area contributed by atoms with Gasteiger partial charge in [-0.15, -0.1) is 0 Å². The van der Waals surface area contributed by atoms with Crippen LogP contribution in [0.5, 0.6) is 0 Å². The predicted molar refractivity (Wildman–Crippen MR) is 360 cm³/mol. The highest BCUT2D eigenvalue weighted by molar-refractivity contribution is 7.34. The Kier molecular flexibility index (Phi) is 27.8. The summed E-state index contributed by atoms with van der Waals surface area (Å²) < 4.78 is 123. The van der Waals surface area contributed by atoms with Crippen molar-refractivity contribution >= 4 is 42.7 Å². The van der Waals surface area contributed by atoms with E-state index in [0.29, 0.717) is 50.1 Å². The van der Waals surface area contributed by atoms with Crippen LogP contribution in [0.15, 0.2) is 273 Å². The van der Waals surface area contributed by atoms with Crippen LogP contribution >= 0.6 is 24.8 Å². The average Bonchev–Trinajstić information content (AvgIpc) is 0.761. The standard InChI is InChI=1S/C75H75O18P3/c76-73(85-52-61-40-22-7-23-41-61)64(46-55-28-10-1-11-29-55)88-94(79)91-70-68(83-50-59-36-18-5-19-37-59)67(82-49-58-34-16-4-17-35-58)69(84-51-60-38-20-6-21-39-60)71(92-95(80)89-65(47-56-30-12-2-13-31-56)74(77)86-53-62-42-24-8-25-43-62)72(70)93-96(81)90-66(48-57-32-14-3-15-33-57)75(78)87-54-63-44-26-9-27-45-63/h1-45,64-72,94-96H,46-54H2/t64?,65?,66?,67-,68-,69+,70-,71-,72-/m0/s1. The second-order valence-corrected chi connectivity index (χ2v) is 25.4. The van der Waals surface area contributed by atoms with Crippen LogP contribution in [0.2, 0.25) is 0 Å². The third kappa shape index (κ3) is 22.4. The molecule has 0 N–H and O–H groups in total. The van der Waals surface area contributed by atoms with Crippen molar-refractivity contribution in [3.05, 3.63) is 323 Å². The minimum Gasteiger partial charge on any atom is -0.459 e. The minimum absolute atomic E-state index is 0.116. The second-order valence-electron chi connectivity index (χ2n) is 22.4. The van der Waals surface area contributed by atoms with Crippen molar-refractivity contribution in [3.8, 4) is 0 Å². The molecule has 1 saturated carbocycles. The molecule has 96 heavy (non-hydrogen) atoms. The van der Waals surface area contributed by atoms with E-state index in [-0.39, 0.29) is 58.9 Å². The highest BCUT2D eigenvalue weighted by Gasteiger charge is 2.57. The first-order valence-corrected chi connectivity index (χ1v) is 35.1. The van der Waals surface area contributed by atoms with Crippen molar-refractivity contribution in [1.29, 1.82) is 0 Å². The van der Waals surface area contributed by atoms with Gasteiger partial charge in [-0.1, -0.05) is 273 Å². The maximum absolute atomic E-state index is 15.4. The summed E-state index contributed by atoms with van der Waals surface area (Å²) in [5, 5.41) is 0. The third-order valence-corrected chi connectivity index (χ3v) is 18.3. The van der Waals surface area contributed by atoms with E-state index in [0.717, 1.165) is 0 Å². The van der Waals surface area contributed by atoms with Gasteiger partial charge in [-0.25, -0.2) is 14.4 Å². The van der Waals surface area contributed by atoms with Crippen LogP contribution in [-0.4, -0.2) is 72.8 Å². The minimum atomic E-state index is -4.11. The number of carbonyl (C=O) groups excluding carboxylic acids is 3. The summed E-state index contributed by atoms with van der Waals surface area (Å²) in [6.45, 7) is -0.885. The monoisotopic (exact) mass is 1360 g/mol. The molecule has 9 aromatic rings. The normalized spacial score (nSPS) is 18.8. The van der Waals surface area contributed by atoms with E-state index in [1.165, 1.54) is 0 Å². The van der Waals surface area contributed by atoms with E-state index in [2.05, 4.69) is 0 Å². The zero-order valence-electron chi connectivity index (χ0n) is 52.4. The molecule has 0 bridgehead atoms. The number of esters is 3. The van der Waals surface area contributed by atoms with Gasteiger partial charge in [0, 0.05) is 19.3 Å². The van der Waals surface area contributed by atoms with E-state index in [4.69, 9.17) is 55.6 Å². The number of rotatable bonds is 36. The zero-order valence-corrected chi connectivity index (χ0v) is 55.4. The molecule has 10 rings (SSSR count). The summed E-state index contributed by atoms with van der Waals surface area (Å²) in [5.74, 6) is -2.63. The summed E-state index contributed by atoms with van der Waals surface area (Å²) >= 11 is 0. The van der Waals surface area contributed by atoms with Crippen molar-refractivity contribution in [3.63, 3.8) is 0 Å². The van der Waals surface area contributed by atoms with Gasteiger partial charge in [0.1, 0.15) is 56.4 Å². The van der Waals surface area contributed by atoms with Gasteiger partial charge in [0.05, 0.1) is 19.8 Å². The molecule has 0 saturated heterocycles. The Morgan fingerprint density at radius 2 is 0.427 bits per heavy atom. The van der Waals surface area contributed by atoms with E-state index >= 15 is 13.7 Å². The number of hydrogen-bond acceptors (Lipinski definition) is 18. The van der Waals surface area contributed by atoms with Crippen molar-refractivity contribution in [2.75, 3.05) is 0 Å². The first kappa shape index (κ1) is 70.5. The van der Waals surface area contributed by atoms with Crippen LogP contribution in [0, 0.1) is 0 Å². The molecule has 0 heterocycles. The Balaban J connectivity index is 1.08. The summed E-state index contributed by atoms with van der Waals surface area (Å²) in [4.78, 5) is 43.0. The lowest BCUT2D eigenvalue weighted by Crippen LogP contribution is -2.66. The average molecular weight is 1360 g/mol. The Hall–Kier alpha value is -8.28. The first-order valence-electron chi connectivity index (χ1n) is 31.4. The van der Waals surface area contributed by atoms with Crippen molar-refractivity contribution in [2.24, 2.45) is 0 Å². The molecule has 9 aromatic carbocycles. The highest BCUT2D eigenvalue weighted by Crippen LogP contribution is 2.47. The second kappa shape index (κ2) is 37.9. The topological polar surface area (TPSA) is 213 Å². The van der Waals surface area contributed by atoms with E-state index in [9.17, 15) is 14.4 Å².